The van der Waals surface area contributed by atoms with Crippen molar-refractivity contribution in [1.29, 1.82) is 0 Å². The molecule has 1 atom stereocenters. The lowest BCUT2D eigenvalue weighted by Gasteiger charge is -2.27. The van der Waals surface area contributed by atoms with Crippen LogP contribution < -0.4 is 9.47 Å². The number of aliphatic hydroxyl groups is 1. The first-order valence-corrected chi connectivity index (χ1v) is 6.24. The molecule has 1 aliphatic heterocycles. The summed E-state index contributed by atoms with van der Waals surface area (Å²) in [5.74, 6) is 1.64. The van der Waals surface area contributed by atoms with E-state index in [0.717, 1.165) is 37.4 Å². The van der Waals surface area contributed by atoms with Crippen LogP contribution in [0.2, 0.25) is 0 Å². The lowest BCUT2D eigenvalue weighted by molar-refractivity contribution is 0.00635. The Morgan fingerprint density at radius 1 is 1.22 bits per heavy atom. The summed E-state index contributed by atoms with van der Waals surface area (Å²) in [4.78, 5) is 0. The van der Waals surface area contributed by atoms with E-state index < -0.39 is 6.10 Å². The molecule has 1 unspecified atom stereocenters. The van der Waals surface area contributed by atoms with Crippen molar-refractivity contribution < 1.29 is 19.3 Å². The van der Waals surface area contributed by atoms with Gasteiger partial charge in [-0.05, 0) is 30.9 Å². The Morgan fingerprint density at radius 2 is 1.94 bits per heavy atom. The second kappa shape index (κ2) is 6.07. The molecule has 1 N–H and O–H groups in total. The first-order chi connectivity index (χ1) is 8.76. The Labute approximate surface area is 107 Å². The van der Waals surface area contributed by atoms with Gasteiger partial charge in [-0.1, -0.05) is 0 Å². The molecule has 18 heavy (non-hydrogen) atoms. The molecule has 0 bridgehead atoms. The highest BCUT2D eigenvalue weighted by Crippen LogP contribution is 2.36. The molecule has 0 amide bonds. The molecule has 1 fully saturated rings. The van der Waals surface area contributed by atoms with E-state index in [9.17, 15) is 5.11 Å². The minimum Gasteiger partial charge on any atom is -0.497 e. The lowest BCUT2D eigenvalue weighted by Crippen LogP contribution is -2.22. The van der Waals surface area contributed by atoms with Crippen LogP contribution in [0.15, 0.2) is 18.2 Å². The third-order valence-electron chi connectivity index (χ3n) is 3.47. The molecule has 0 aromatic heterocycles. The summed E-state index contributed by atoms with van der Waals surface area (Å²) in [7, 11) is 3.22. The van der Waals surface area contributed by atoms with Crippen LogP contribution in [-0.4, -0.2) is 32.5 Å². The van der Waals surface area contributed by atoms with Crippen molar-refractivity contribution in [2.24, 2.45) is 5.92 Å². The number of rotatable bonds is 4. The van der Waals surface area contributed by atoms with Crippen molar-refractivity contribution in [2.45, 2.75) is 18.9 Å². The maximum absolute atomic E-state index is 10.4. The second-order valence-corrected chi connectivity index (χ2v) is 4.50. The summed E-state index contributed by atoms with van der Waals surface area (Å²) in [6, 6.07) is 5.52. The van der Waals surface area contributed by atoms with E-state index >= 15 is 0 Å². The first kappa shape index (κ1) is 13.2. The Kier molecular flexibility index (Phi) is 4.44. The van der Waals surface area contributed by atoms with E-state index in [2.05, 4.69) is 0 Å². The van der Waals surface area contributed by atoms with E-state index in [1.807, 2.05) is 12.1 Å². The predicted molar refractivity (Wildman–Crippen MR) is 68.0 cm³/mol. The van der Waals surface area contributed by atoms with Crippen molar-refractivity contribution in [1.82, 2.24) is 0 Å². The minimum atomic E-state index is -0.505. The van der Waals surface area contributed by atoms with Crippen molar-refractivity contribution in [3.05, 3.63) is 23.8 Å². The monoisotopic (exact) mass is 252 g/mol. The van der Waals surface area contributed by atoms with Crippen LogP contribution in [0, 0.1) is 5.92 Å². The minimum absolute atomic E-state index is 0.237. The first-order valence-electron chi connectivity index (χ1n) is 6.24. The zero-order chi connectivity index (χ0) is 13.0. The third-order valence-corrected chi connectivity index (χ3v) is 3.47. The Bertz CT molecular complexity index is 385. The van der Waals surface area contributed by atoms with Crippen LogP contribution in [0.4, 0.5) is 0 Å². The maximum Gasteiger partial charge on any atom is 0.128 e. The summed E-state index contributed by atoms with van der Waals surface area (Å²) < 4.78 is 15.8. The molecule has 1 heterocycles. The molecule has 4 nitrogen and oxygen atoms in total. The van der Waals surface area contributed by atoms with Gasteiger partial charge in [0, 0.05) is 24.8 Å². The summed E-state index contributed by atoms with van der Waals surface area (Å²) in [6.07, 6.45) is 1.27. The Morgan fingerprint density at radius 3 is 2.56 bits per heavy atom. The van der Waals surface area contributed by atoms with Crippen molar-refractivity contribution in [2.75, 3.05) is 27.4 Å². The van der Waals surface area contributed by atoms with Crippen molar-refractivity contribution >= 4 is 0 Å². The molecule has 1 aromatic rings. The van der Waals surface area contributed by atoms with E-state index in [1.54, 1.807) is 20.3 Å². The maximum atomic E-state index is 10.4. The van der Waals surface area contributed by atoms with Gasteiger partial charge >= 0.3 is 0 Å². The highest BCUT2D eigenvalue weighted by molar-refractivity contribution is 5.42. The Balaban J connectivity index is 2.20. The smallest absolute Gasteiger partial charge is 0.128 e. The number of aliphatic hydroxyl groups excluding tert-OH is 1. The van der Waals surface area contributed by atoms with Gasteiger partial charge in [-0.3, -0.25) is 0 Å². The van der Waals surface area contributed by atoms with E-state index in [-0.39, 0.29) is 5.92 Å². The van der Waals surface area contributed by atoms with Crippen molar-refractivity contribution in [3.8, 4) is 11.5 Å². The fraction of sp³-hybridized carbons (Fsp3) is 0.571. The molecule has 1 aliphatic rings. The summed E-state index contributed by atoms with van der Waals surface area (Å²) in [6.45, 7) is 1.44. The van der Waals surface area contributed by atoms with Crippen LogP contribution in [0.5, 0.6) is 11.5 Å². The second-order valence-electron chi connectivity index (χ2n) is 4.50. The van der Waals surface area contributed by atoms with Gasteiger partial charge in [0.15, 0.2) is 0 Å². The topological polar surface area (TPSA) is 47.9 Å². The number of hydrogen-bond acceptors (Lipinski definition) is 4. The van der Waals surface area contributed by atoms with Crippen LogP contribution in [0.25, 0.3) is 0 Å². The molecule has 1 saturated heterocycles. The highest BCUT2D eigenvalue weighted by atomic mass is 16.5. The SMILES string of the molecule is COc1ccc(C(O)C2CCOCC2)c(OC)c1. The summed E-state index contributed by atoms with van der Waals surface area (Å²) in [5, 5.41) is 10.4. The van der Waals surface area contributed by atoms with Crippen molar-refractivity contribution in [3.63, 3.8) is 0 Å². The number of benzene rings is 1. The highest BCUT2D eigenvalue weighted by Gasteiger charge is 2.25. The quantitative estimate of drug-likeness (QED) is 0.892. The molecule has 0 radical (unpaired) electrons. The molecule has 4 heteroatoms. The molecule has 0 aliphatic carbocycles. The number of methoxy groups -OCH3 is 2. The fourth-order valence-electron chi connectivity index (χ4n) is 2.35. The van der Waals surface area contributed by atoms with Crippen LogP contribution in [0.3, 0.4) is 0 Å². The predicted octanol–water partition coefficient (Wildman–Crippen LogP) is 2.16. The zero-order valence-electron chi connectivity index (χ0n) is 10.9. The molecule has 0 spiro atoms. The van der Waals surface area contributed by atoms with E-state index in [0.29, 0.717) is 5.75 Å². The molecule has 1 aromatic carbocycles. The molecular weight excluding hydrogens is 232 g/mol. The van der Waals surface area contributed by atoms with Gasteiger partial charge in [0.2, 0.25) is 0 Å². The van der Waals surface area contributed by atoms with Gasteiger partial charge in [0.25, 0.3) is 0 Å². The number of ether oxygens (including phenoxy) is 3. The molecular formula is C14H20O4. The van der Waals surface area contributed by atoms with Gasteiger partial charge in [-0.15, -0.1) is 0 Å². The van der Waals surface area contributed by atoms with Crippen LogP contribution >= 0.6 is 0 Å². The largest absolute Gasteiger partial charge is 0.497 e. The van der Waals surface area contributed by atoms with Gasteiger partial charge in [0.1, 0.15) is 11.5 Å². The van der Waals surface area contributed by atoms with E-state index in [1.165, 1.54) is 0 Å². The fourth-order valence-corrected chi connectivity index (χ4v) is 2.35. The lowest BCUT2D eigenvalue weighted by atomic mass is 9.89. The van der Waals surface area contributed by atoms with Gasteiger partial charge < -0.3 is 19.3 Å². The molecule has 2 rings (SSSR count). The molecule has 0 saturated carbocycles. The number of hydrogen-bond donors (Lipinski definition) is 1. The summed E-state index contributed by atoms with van der Waals surface area (Å²) in [5.41, 5.74) is 0.824. The van der Waals surface area contributed by atoms with Crippen LogP contribution in [0.1, 0.15) is 24.5 Å². The van der Waals surface area contributed by atoms with Gasteiger partial charge in [0.05, 0.1) is 20.3 Å². The van der Waals surface area contributed by atoms with Gasteiger partial charge in [-0.25, -0.2) is 0 Å². The van der Waals surface area contributed by atoms with Crippen LogP contribution in [-0.2, 0) is 4.74 Å². The zero-order valence-corrected chi connectivity index (χ0v) is 10.9. The Hall–Kier alpha value is -1.26. The normalized spacial score (nSPS) is 18.4. The average molecular weight is 252 g/mol. The van der Waals surface area contributed by atoms with Gasteiger partial charge in [-0.2, -0.15) is 0 Å². The summed E-state index contributed by atoms with van der Waals surface area (Å²) >= 11 is 0. The van der Waals surface area contributed by atoms with E-state index in [4.69, 9.17) is 14.2 Å². The average Bonchev–Trinajstić information content (AvgIpc) is 2.46. The third kappa shape index (κ3) is 2.76. The standard InChI is InChI=1S/C14H20O4/c1-16-11-3-4-12(13(9-11)17-2)14(15)10-5-7-18-8-6-10/h3-4,9-10,14-15H,5-8H2,1-2H3. The molecule has 100 valence electrons.